The standard InChI is InChI=1S/C39H48N6O8/c1-38(2,3)52-36(47)44-21-28(22-44)50-33(40)32-30(25-12-14-27(15-13-25)43-16-18-49-19-17-43)20-31(42-34(32)41-26-10-8-7-9-11-26)35(46)51-29-23-45(24-29)37(48)53-39(4,5)6/h7-15,20,28-29,40H,16-19,21-24H2,1-6H3,(H,41,42)/p+1. The highest BCUT2D eigenvalue weighted by Gasteiger charge is 2.39. The van der Waals surface area contributed by atoms with Crippen LogP contribution in [0.1, 0.15) is 57.6 Å². The maximum Gasteiger partial charge on any atom is 0.410 e. The van der Waals surface area contributed by atoms with Crippen LogP contribution in [0.25, 0.3) is 11.1 Å². The smallest absolute Gasteiger partial charge is 0.410 e. The predicted molar refractivity (Wildman–Crippen MR) is 197 cm³/mol. The molecule has 1 aromatic heterocycles. The van der Waals surface area contributed by atoms with Gasteiger partial charge in [0, 0.05) is 24.3 Å². The van der Waals surface area contributed by atoms with Gasteiger partial charge in [-0.1, -0.05) is 30.3 Å². The molecule has 3 aliphatic heterocycles. The molecule has 4 heterocycles. The summed E-state index contributed by atoms with van der Waals surface area (Å²) in [4.78, 5) is 48.8. The predicted octanol–water partition coefficient (Wildman–Crippen LogP) is 4.85. The second-order valence-electron chi connectivity index (χ2n) is 15.4. The topological polar surface area (TPSA) is 160 Å². The SMILES string of the molecule is CC(C)(C)OC(=O)N1CC(OC(=N)c2c(-c3ccc(N4CCOCC4)cc3)cc(C(=O)OC3CN(C(=O)OC(C)(C)C)C3)nc2[NH2+]c2ccccc2)C1. The average Bonchev–Trinajstić information content (AvgIpc) is 3.06. The lowest BCUT2D eigenvalue weighted by molar-refractivity contribution is -0.483. The molecule has 3 N–H and O–H groups in total. The Balaban J connectivity index is 1.30. The molecule has 14 nitrogen and oxygen atoms in total. The second kappa shape index (κ2) is 15.4. The van der Waals surface area contributed by atoms with Crippen LogP contribution in [0.3, 0.4) is 0 Å². The van der Waals surface area contributed by atoms with E-state index in [0.717, 1.165) is 30.0 Å². The third-order valence-corrected chi connectivity index (χ3v) is 8.70. The Morgan fingerprint density at radius 2 is 1.34 bits per heavy atom. The number of hydrogen-bond acceptors (Lipinski definition) is 11. The normalized spacial score (nSPS) is 16.7. The molecule has 2 aromatic carbocycles. The number of aromatic nitrogens is 1. The third kappa shape index (κ3) is 9.62. The van der Waals surface area contributed by atoms with Crippen LogP contribution in [0.4, 0.5) is 26.8 Å². The zero-order valence-corrected chi connectivity index (χ0v) is 31.2. The van der Waals surface area contributed by atoms with Crippen LogP contribution in [-0.2, 0) is 23.7 Å². The van der Waals surface area contributed by atoms with E-state index in [1.807, 2.05) is 75.4 Å². The van der Waals surface area contributed by atoms with Gasteiger partial charge < -0.3 is 38.4 Å². The van der Waals surface area contributed by atoms with Gasteiger partial charge in [-0.2, -0.15) is 4.98 Å². The van der Waals surface area contributed by atoms with E-state index in [9.17, 15) is 19.8 Å². The molecule has 0 spiro atoms. The highest BCUT2D eigenvalue weighted by Crippen LogP contribution is 2.32. The Hall–Kier alpha value is -5.21. The van der Waals surface area contributed by atoms with Crippen LogP contribution in [-0.4, -0.2) is 115 Å². The van der Waals surface area contributed by atoms with Gasteiger partial charge in [0.25, 0.3) is 0 Å². The lowest BCUT2D eigenvalue weighted by Crippen LogP contribution is -2.72. The minimum Gasteiger partial charge on any atom is -0.470 e. The Morgan fingerprint density at radius 1 is 0.792 bits per heavy atom. The average molecular weight is 730 g/mol. The van der Waals surface area contributed by atoms with Crippen molar-refractivity contribution in [3.8, 4) is 11.1 Å². The summed E-state index contributed by atoms with van der Waals surface area (Å²) in [5.74, 6) is -0.457. The monoisotopic (exact) mass is 729 g/mol. The van der Waals surface area contributed by atoms with Crippen LogP contribution in [0.2, 0.25) is 0 Å². The summed E-state index contributed by atoms with van der Waals surface area (Å²) in [6.45, 7) is 14.6. The molecular formula is C39H49N6O8+. The highest BCUT2D eigenvalue weighted by molar-refractivity contribution is 6.04. The fourth-order valence-electron chi connectivity index (χ4n) is 6.03. The van der Waals surface area contributed by atoms with E-state index < -0.39 is 41.6 Å². The van der Waals surface area contributed by atoms with E-state index >= 15 is 0 Å². The number of carbonyl (C=O) groups excluding carboxylic acids is 3. The molecule has 0 bridgehead atoms. The summed E-state index contributed by atoms with van der Waals surface area (Å²) in [5, 5.41) is 11.1. The molecule has 0 radical (unpaired) electrons. The Kier molecular flexibility index (Phi) is 10.9. The minimum absolute atomic E-state index is 0.0476. The van der Waals surface area contributed by atoms with Crippen LogP contribution < -0.4 is 10.2 Å². The Labute approximate surface area is 309 Å². The maximum atomic E-state index is 13.7. The molecule has 0 unspecified atom stereocenters. The molecule has 3 saturated heterocycles. The number of hydrogen-bond donors (Lipinski definition) is 2. The zero-order chi connectivity index (χ0) is 37.9. The van der Waals surface area contributed by atoms with Crippen molar-refractivity contribution < 1.29 is 43.4 Å². The number of morpholine rings is 1. The van der Waals surface area contributed by atoms with E-state index in [2.05, 4.69) is 4.90 Å². The van der Waals surface area contributed by atoms with Gasteiger partial charge >= 0.3 is 18.2 Å². The number of ether oxygens (including phenoxy) is 5. The van der Waals surface area contributed by atoms with E-state index in [1.54, 1.807) is 32.2 Å². The number of nitrogens with zero attached hydrogens (tertiary/aromatic N) is 4. The van der Waals surface area contributed by atoms with Gasteiger partial charge in [0.2, 0.25) is 11.7 Å². The largest absolute Gasteiger partial charge is 0.470 e. The molecule has 0 aliphatic carbocycles. The first-order valence-electron chi connectivity index (χ1n) is 17.9. The maximum absolute atomic E-state index is 13.7. The highest BCUT2D eigenvalue weighted by atomic mass is 16.6. The molecular weight excluding hydrogens is 680 g/mol. The Morgan fingerprint density at radius 3 is 1.89 bits per heavy atom. The minimum atomic E-state index is -0.654. The molecule has 6 rings (SSSR count). The number of quaternary nitrogens is 1. The number of anilines is 1. The van der Waals surface area contributed by atoms with Gasteiger partial charge in [-0.15, -0.1) is 0 Å². The summed E-state index contributed by atoms with van der Waals surface area (Å²) in [5.41, 5.74) is 2.31. The first kappa shape index (κ1) is 37.5. The van der Waals surface area contributed by atoms with Crippen molar-refractivity contribution in [2.24, 2.45) is 0 Å². The molecule has 3 fully saturated rings. The van der Waals surface area contributed by atoms with Crippen molar-refractivity contribution in [1.29, 1.82) is 5.41 Å². The van der Waals surface area contributed by atoms with Crippen molar-refractivity contribution in [1.82, 2.24) is 14.8 Å². The van der Waals surface area contributed by atoms with Crippen molar-refractivity contribution in [2.45, 2.75) is 65.0 Å². The first-order valence-corrected chi connectivity index (χ1v) is 17.9. The molecule has 2 amide bonds. The molecule has 14 heteroatoms. The van der Waals surface area contributed by atoms with Crippen molar-refractivity contribution in [3.05, 3.63) is 71.9 Å². The summed E-state index contributed by atoms with van der Waals surface area (Å²) >= 11 is 0. The van der Waals surface area contributed by atoms with E-state index in [-0.39, 0.29) is 37.8 Å². The lowest BCUT2D eigenvalue weighted by atomic mass is 9.98. The lowest BCUT2D eigenvalue weighted by Gasteiger charge is -2.39. The van der Waals surface area contributed by atoms with Gasteiger partial charge in [0.05, 0.1) is 39.4 Å². The number of esters is 1. The van der Waals surface area contributed by atoms with Gasteiger partial charge in [-0.3, -0.25) is 10.7 Å². The van der Waals surface area contributed by atoms with E-state index in [1.165, 1.54) is 9.80 Å². The van der Waals surface area contributed by atoms with Crippen LogP contribution in [0, 0.1) is 5.41 Å². The number of likely N-dealkylation sites (tertiary alicyclic amines) is 2. The van der Waals surface area contributed by atoms with Crippen molar-refractivity contribution in [2.75, 3.05) is 57.4 Å². The van der Waals surface area contributed by atoms with Crippen LogP contribution >= 0.6 is 0 Å². The number of rotatable bonds is 8. The summed E-state index contributed by atoms with van der Waals surface area (Å²) in [7, 11) is 0. The summed E-state index contributed by atoms with van der Waals surface area (Å²) < 4.78 is 28.5. The van der Waals surface area contributed by atoms with E-state index in [4.69, 9.17) is 28.7 Å². The first-order chi connectivity index (χ1) is 25.1. The number of carbonyl (C=O) groups is 3. The summed E-state index contributed by atoms with van der Waals surface area (Å²) in [6, 6.07) is 19.1. The van der Waals surface area contributed by atoms with Crippen molar-refractivity contribution in [3.63, 3.8) is 0 Å². The second-order valence-corrected chi connectivity index (χ2v) is 15.4. The Bertz CT molecular complexity index is 1800. The van der Waals surface area contributed by atoms with Gasteiger partial charge in [-0.25, -0.2) is 14.4 Å². The van der Waals surface area contributed by atoms with Gasteiger partial charge in [-0.05, 0) is 77.4 Å². The number of nitrogens with one attached hydrogen (secondary N) is 1. The molecule has 53 heavy (non-hydrogen) atoms. The fraction of sp³-hybridized carbons (Fsp3) is 0.462. The van der Waals surface area contributed by atoms with Gasteiger partial charge in [0.15, 0.2) is 5.69 Å². The van der Waals surface area contributed by atoms with E-state index in [0.29, 0.717) is 30.2 Å². The molecule has 282 valence electrons. The van der Waals surface area contributed by atoms with Crippen LogP contribution in [0.15, 0.2) is 60.7 Å². The number of para-hydroxylation sites is 1. The fourth-order valence-corrected chi connectivity index (χ4v) is 6.03. The number of benzene rings is 2. The molecule has 3 aromatic rings. The number of amides is 2. The van der Waals surface area contributed by atoms with Crippen LogP contribution in [0.5, 0.6) is 0 Å². The third-order valence-electron chi connectivity index (χ3n) is 8.70. The summed E-state index contributed by atoms with van der Waals surface area (Å²) in [6.07, 6.45) is -1.86. The number of pyridine rings is 1. The van der Waals surface area contributed by atoms with Gasteiger partial charge in [0.1, 0.15) is 34.7 Å². The number of nitrogens with two attached hydrogens (primary N) is 1. The molecule has 3 aliphatic rings. The molecule has 0 saturated carbocycles. The molecule has 0 atom stereocenters. The van der Waals surface area contributed by atoms with Crippen molar-refractivity contribution >= 4 is 41.2 Å². The quantitative estimate of drug-likeness (QED) is 0.108. The zero-order valence-electron chi connectivity index (χ0n) is 31.2.